The summed E-state index contributed by atoms with van der Waals surface area (Å²) in [6, 6.07) is 13.1. The van der Waals surface area contributed by atoms with Crippen molar-refractivity contribution in [2.75, 3.05) is 5.32 Å². The normalized spacial score (nSPS) is 10.9. The average molecular weight is 400 g/mol. The second kappa shape index (κ2) is 6.14. The molecule has 0 bridgehead atoms. The molecule has 0 aliphatic carbocycles. The smallest absolute Gasteiger partial charge is 0.257 e. The van der Waals surface area contributed by atoms with Crippen molar-refractivity contribution < 1.29 is 4.79 Å². The second-order valence-corrected chi connectivity index (χ2v) is 6.95. The molecule has 1 N–H and O–H groups in total. The monoisotopic (exact) mass is 399 g/mol. The maximum Gasteiger partial charge on any atom is 0.257 e. The minimum absolute atomic E-state index is 0.186. The molecule has 8 heteroatoms. The van der Waals surface area contributed by atoms with Crippen LogP contribution in [0.4, 0.5) is 5.13 Å². The van der Waals surface area contributed by atoms with E-state index in [1.54, 1.807) is 24.8 Å². The van der Waals surface area contributed by atoms with Crippen LogP contribution in [0.1, 0.15) is 10.4 Å². The van der Waals surface area contributed by atoms with Gasteiger partial charge in [0.15, 0.2) is 5.13 Å². The van der Waals surface area contributed by atoms with Gasteiger partial charge in [-0.2, -0.15) is 0 Å². The highest BCUT2D eigenvalue weighted by molar-refractivity contribution is 9.10. The fourth-order valence-electron chi connectivity index (χ4n) is 2.26. The number of halogens is 1. The Bertz CT molecular complexity index is 1030. The lowest BCUT2D eigenvalue weighted by Gasteiger charge is -2.01. The van der Waals surface area contributed by atoms with Crippen LogP contribution in [0.3, 0.4) is 0 Å². The highest BCUT2D eigenvalue weighted by atomic mass is 79.9. The summed E-state index contributed by atoms with van der Waals surface area (Å²) >= 11 is 4.79. The first kappa shape index (κ1) is 15.0. The highest BCUT2D eigenvalue weighted by Crippen LogP contribution is 2.28. The molecule has 2 heterocycles. The Morgan fingerprint density at radius 2 is 1.96 bits per heavy atom. The molecule has 0 aliphatic rings. The van der Waals surface area contributed by atoms with Crippen LogP contribution in [0.5, 0.6) is 0 Å². The molecule has 2 aromatic heterocycles. The van der Waals surface area contributed by atoms with Gasteiger partial charge in [-0.3, -0.25) is 14.7 Å². The molecule has 118 valence electrons. The summed E-state index contributed by atoms with van der Waals surface area (Å²) in [7, 11) is 0. The molecule has 0 aliphatic heterocycles. The van der Waals surface area contributed by atoms with E-state index < -0.39 is 0 Å². The lowest BCUT2D eigenvalue weighted by Crippen LogP contribution is -2.11. The number of amides is 1. The molecule has 1 amide bonds. The molecular weight excluding hydrogens is 390 g/mol. The van der Waals surface area contributed by atoms with Crippen LogP contribution in [-0.2, 0) is 0 Å². The van der Waals surface area contributed by atoms with Crippen molar-refractivity contribution in [3.63, 3.8) is 0 Å². The van der Waals surface area contributed by atoms with Gasteiger partial charge in [-0.1, -0.05) is 33.3 Å². The molecule has 0 unspecified atom stereocenters. The largest absolute Gasteiger partial charge is 0.298 e. The summed E-state index contributed by atoms with van der Waals surface area (Å²) in [6.07, 6.45) is 3.27. The number of hydrogen-bond acceptors (Lipinski definition) is 5. The Balaban J connectivity index is 1.62. The minimum Gasteiger partial charge on any atom is -0.298 e. The maximum absolute atomic E-state index is 12.3. The molecule has 0 spiro atoms. The van der Waals surface area contributed by atoms with Gasteiger partial charge in [-0.25, -0.2) is 4.98 Å². The molecule has 2 aromatic carbocycles. The van der Waals surface area contributed by atoms with Gasteiger partial charge >= 0.3 is 0 Å². The maximum atomic E-state index is 12.3. The van der Waals surface area contributed by atoms with Gasteiger partial charge < -0.3 is 0 Å². The van der Waals surface area contributed by atoms with E-state index in [4.69, 9.17) is 0 Å². The zero-order chi connectivity index (χ0) is 16.5. The van der Waals surface area contributed by atoms with Gasteiger partial charge in [0.05, 0.1) is 10.2 Å². The van der Waals surface area contributed by atoms with Crippen molar-refractivity contribution in [3.05, 3.63) is 65.2 Å². The lowest BCUT2D eigenvalue weighted by atomic mass is 10.2. The molecule has 24 heavy (non-hydrogen) atoms. The summed E-state index contributed by atoms with van der Waals surface area (Å²) in [5, 5.41) is 11.0. The topological polar surface area (TPSA) is 72.7 Å². The third kappa shape index (κ3) is 2.93. The van der Waals surface area contributed by atoms with E-state index in [0.717, 1.165) is 20.4 Å². The van der Waals surface area contributed by atoms with Crippen LogP contribution in [0.25, 0.3) is 15.9 Å². The average Bonchev–Trinajstić information content (AvgIpc) is 3.23. The summed E-state index contributed by atoms with van der Waals surface area (Å²) in [4.78, 5) is 16.8. The molecule has 4 aromatic rings. The van der Waals surface area contributed by atoms with Gasteiger partial charge in [-0.05, 0) is 36.4 Å². The van der Waals surface area contributed by atoms with E-state index in [9.17, 15) is 4.79 Å². The molecule has 6 nitrogen and oxygen atoms in total. The number of anilines is 1. The first-order chi connectivity index (χ1) is 11.7. The summed E-state index contributed by atoms with van der Waals surface area (Å²) in [5.41, 5.74) is 2.36. The van der Waals surface area contributed by atoms with Crippen LogP contribution < -0.4 is 5.32 Å². The summed E-state index contributed by atoms with van der Waals surface area (Å²) in [5.74, 6) is -0.186. The number of thiazole rings is 1. The first-order valence-corrected chi connectivity index (χ1v) is 8.62. The number of carbonyl (C=O) groups excluding carboxylic acids is 1. The molecule has 0 fully saturated rings. The molecular formula is C16H10BrN5OS. The molecule has 4 rings (SSSR count). The Labute approximate surface area is 149 Å². The van der Waals surface area contributed by atoms with Gasteiger partial charge in [0, 0.05) is 15.7 Å². The lowest BCUT2D eigenvalue weighted by molar-refractivity contribution is 0.102. The van der Waals surface area contributed by atoms with Gasteiger partial charge in [0.25, 0.3) is 5.91 Å². The summed E-state index contributed by atoms with van der Waals surface area (Å²) in [6.45, 7) is 0. The number of benzene rings is 2. The Kier molecular flexibility index (Phi) is 3.83. The zero-order valence-electron chi connectivity index (χ0n) is 12.2. The molecule has 0 saturated carbocycles. The van der Waals surface area contributed by atoms with Crippen LogP contribution in [0.2, 0.25) is 0 Å². The number of hydrogen-bond donors (Lipinski definition) is 1. The van der Waals surface area contributed by atoms with E-state index >= 15 is 0 Å². The van der Waals surface area contributed by atoms with E-state index in [-0.39, 0.29) is 5.91 Å². The van der Waals surface area contributed by atoms with Gasteiger partial charge in [0.1, 0.15) is 12.7 Å². The predicted molar refractivity (Wildman–Crippen MR) is 96.6 cm³/mol. The van der Waals surface area contributed by atoms with Crippen LogP contribution >= 0.6 is 27.3 Å². The van der Waals surface area contributed by atoms with Crippen molar-refractivity contribution in [2.24, 2.45) is 0 Å². The molecule has 0 radical (unpaired) electrons. The summed E-state index contributed by atoms with van der Waals surface area (Å²) < 4.78 is 3.66. The Hall–Kier alpha value is -2.58. The fourth-order valence-corrected chi connectivity index (χ4v) is 3.55. The number of carbonyl (C=O) groups is 1. The SMILES string of the molecule is O=C(Nc1nc2ccc(-n3cnnc3)cc2s1)c1cccc(Br)c1. The number of nitrogens with one attached hydrogen (secondary N) is 1. The number of aromatic nitrogens is 4. The third-order valence-electron chi connectivity index (χ3n) is 3.40. The van der Waals surface area contributed by atoms with Crippen molar-refractivity contribution in [3.8, 4) is 5.69 Å². The quantitative estimate of drug-likeness (QED) is 0.566. The fraction of sp³-hybridized carbons (Fsp3) is 0. The van der Waals surface area contributed by atoms with E-state index in [1.807, 2.05) is 34.9 Å². The second-order valence-electron chi connectivity index (χ2n) is 5.00. The van der Waals surface area contributed by atoms with Crippen LogP contribution in [0, 0.1) is 0 Å². The Morgan fingerprint density at radius 3 is 2.75 bits per heavy atom. The minimum atomic E-state index is -0.186. The first-order valence-electron chi connectivity index (χ1n) is 7.01. The standard InChI is InChI=1S/C16H10BrN5OS/c17-11-3-1-2-10(6-11)15(23)21-16-20-13-5-4-12(7-14(13)24-16)22-8-18-19-9-22/h1-9H,(H,20,21,23). The molecule has 0 saturated heterocycles. The predicted octanol–water partition coefficient (Wildman–Crippen LogP) is 3.89. The molecule has 0 atom stereocenters. The zero-order valence-corrected chi connectivity index (χ0v) is 14.6. The third-order valence-corrected chi connectivity index (χ3v) is 4.82. The van der Waals surface area contributed by atoms with Crippen molar-refractivity contribution in [2.45, 2.75) is 0 Å². The van der Waals surface area contributed by atoms with Crippen molar-refractivity contribution in [1.29, 1.82) is 0 Å². The van der Waals surface area contributed by atoms with E-state index in [1.165, 1.54) is 11.3 Å². The van der Waals surface area contributed by atoms with E-state index in [0.29, 0.717) is 10.7 Å². The Morgan fingerprint density at radius 1 is 1.12 bits per heavy atom. The van der Waals surface area contributed by atoms with E-state index in [2.05, 4.69) is 36.4 Å². The van der Waals surface area contributed by atoms with Gasteiger partial charge in [0.2, 0.25) is 0 Å². The number of rotatable bonds is 3. The number of nitrogens with zero attached hydrogens (tertiary/aromatic N) is 4. The van der Waals surface area contributed by atoms with Crippen molar-refractivity contribution >= 4 is 48.5 Å². The van der Waals surface area contributed by atoms with Crippen LogP contribution in [0.15, 0.2) is 59.6 Å². The van der Waals surface area contributed by atoms with Crippen LogP contribution in [-0.4, -0.2) is 25.7 Å². The van der Waals surface area contributed by atoms with Gasteiger partial charge in [-0.15, -0.1) is 10.2 Å². The highest BCUT2D eigenvalue weighted by Gasteiger charge is 2.11. The van der Waals surface area contributed by atoms with Crippen molar-refractivity contribution in [1.82, 2.24) is 19.7 Å². The number of fused-ring (bicyclic) bond motifs is 1.